The van der Waals surface area contributed by atoms with Gasteiger partial charge in [0.2, 0.25) is 5.88 Å². The highest BCUT2D eigenvalue weighted by Gasteiger charge is 2.17. The first-order valence-electron chi connectivity index (χ1n) is 8.85. The third kappa shape index (κ3) is 5.87. The number of rotatable bonds is 8. The van der Waals surface area contributed by atoms with E-state index in [-0.39, 0.29) is 0 Å². The van der Waals surface area contributed by atoms with Gasteiger partial charge in [0.15, 0.2) is 0 Å². The fraction of sp³-hybridized carbons (Fsp3) is 0.632. The zero-order valence-corrected chi connectivity index (χ0v) is 14.8. The van der Waals surface area contributed by atoms with E-state index in [9.17, 15) is 0 Å². The molecule has 0 aromatic carbocycles. The van der Waals surface area contributed by atoms with Gasteiger partial charge in [-0.05, 0) is 45.2 Å². The van der Waals surface area contributed by atoms with E-state index in [1.54, 1.807) is 0 Å². The molecule has 1 aromatic rings. The van der Waals surface area contributed by atoms with E-state index >= 15 is 0 Å². The van der Waals surface area contributed by atoms with E-state index in [4.69, 9.17) is 9.84 Å². The van der Waals surface area contributed by atoms with Gasteiger partial charge in [-0.3, -0.25) is 0 Å². The van der Waals surface area contributed by atoms with Gasteiger partial charge in [0.05, 0.1) is 5.69 Å². The third-order valence-corrected chi connectivity index (χ3v) is 4.33. The van der Waals surface area contributed by atoms with E-state index < -0.39 is 0 Å². The highest BCUT2D eigenvalue weighted by atomic mass is 16.5. The lowest BCUT2D eigenvalue weighted by atomic mass is 9.89. The van der Waals surface area contributed by atoms with Gasteiger partial charge >= 0.3 is 0 Å². The molecule has 0 spiro atoms. The molecule has 128 valence electrons. The first-order valence-corrected chi connectivity index (χ1v) is 8.85. The standard InChI is InChI=1S/C19H31N3O/c1-4-5-9-16(2)15-23-19-12-18(13-20-3)21-22(19)14-17-10-7-6-8-11-17/h4-5,9,12,17,20H,6-8,10-11,13-15H2,1-3H3/b5-4-,16-9+. The molecule has 0 unspecified atom stereocenters. The van der Waals surface area contributed by atoms with Crippen molar-refractivity contribution in [2.24, 2.45) is 5.92 Å². The number of ether oxygens (including phenoxy) is 1. The quantitative estimate of drug-likeness (QED) is 0.734. The molecule has 1 aliphatic carbocycles. The number of nitrogens with zero attached hydrogens (tertiary/aromatic N) is 2. The maximum absolute atomic E-state index is 6.04. The van der Waals surface area contributed by atoms with Crippen molar-refractivity contribution >= 4 is 0 Å². The monoisotopic (exact) mass is 317 g/mol. The van der Waals surface area contributed by atoms with Crippen molar-refractivity contribution in [1.29, 1.82) is 0 Å². The summed E-state index contributed by atoms with van der Waals surface area (Å²) in [6.07, 6.45) is 12.9. The molecule has 1 N–H and O–H groups in total. The Balaban J connectivity index is 2.03. The lowest BCUT2D eigenvalue weighted by Crippen LogP contribution is -2.17. The van der Waals surface area contributed by atoms with Gasteiger partial charge in [-0.1, -0.05) is 37.5 Å². The molecular formula is C19H31N3O. The molecule has 1 aliphatic rings. The molecule has 0 amide bonds. The number of hydrogen-bond acceptors (Lipinski definition) is 3. The minimum Gasteiger partial charge on any atom is -0.473 e. The van der Waals surface area contributed by atoms with Crippen molar-refractivity contribution in [3.05, 3.63) is 35.6 Å². The lowest BCUT2D eigenvalue weighted by Gasteiger charge is -2.22. The summed E-state index contributed by atoms with van der Waals surface area (Å²) in [6.45, 7) is 6.49. The lowest BCUT2D eigenvalue weighted by molar-refractivity contribution is 0.265. The van der Waals surface area contributed by atoms with Crippen LogP contribution in [0.15, 0.2) is 29.9 Å². The van der Waals surface area contributed by atoms with Crippen LogP contribution in [0.3, 0.4) is 0 Å². The molecule has 0 aliphatic heterocycles. The topological polar surface area (TPSA) is 39.1 Å². The van der Waals surface area contributed by atoms with E-state index in [2.05, 4.69) is 29.1 Å². The molecule has 4 heteroatoms. The summed E-state index contributed by atoms with van der Waals surface area (Å²) < 4.78 is 8.11. The zero-order chi connectivity index (χ0) is 16.5. The van der Waals surface area contributed by atoms with Gasteiger partial charge in [0.1, 0.15) is 6.61 Å². The molecule has 1 heterocycles. The molecule has 0 radical (unpaired) electrons. The van der Waals surface area contributed by atoms with Gasteiger partial charge < -0.3 is 10.1 Å². The predicted octanol–water partition coefficient (Wildman–Crippen LogP) is 4.08. The van der Waals surface area contributed by atoms with Crippen molar-refractivity contribution in [2.45, 2.75) is 59.0 Å². The maximum Gasteiger partial charge on any atom is 0.212 e. The summed E-state index contributed by atoms with van der Waals surface area (Å²) in [5.41, 5.74) is 2.26. The number of nitrogens with one attached hydrogen (secondary N) is 1. The van der Waals surface area contributed by atoms with Crippen LogP contribution in [0, 0.1) is 5.92 Å². The van der Waals surface area contributed by atoms with Gasteiger partial charge in [-0.25, -0.2) is 4.68 Å². The van der Waals surface area contributed by atoms with Crippen LogP contribution in [0.1, 0.15) is 51.6 Å². The van der Waals surface area contributed by atoms with Crippen LogP contribution in [-0.4, -0.2) is 23.4 Å². The van der Waals surface area contributed by atoms with Gasteiger partial charge in [-0.15, -0.1) is 0 Å². The summed E-state index contributed by atoms with van der Waals surface area (Å²) in [6, 6.07) is 2.07. The van der Waals surface area contributed by atoms with Crippen LogP contribution in [0.4, 0.5) is 0 Å². The van der Waals surface area contributed by atoms with E-state index in [0.717, 1.165) is 30.6 Å². The first-order chi connectivity index (χ1) is 11.2. The molecule has 2 rings (SSSR count). The predicted molar refractivity (Wildman–Crippen MR) is 95.6 cm³/mol. The Labute approximate surface area is 140 Å². The average molecular weight is 317 g/mol. The summed E-state index contributed by atoms with van der Waals surface area (Å²) in [7, 11) is 1.95. The minimum atomic E-state index is 0.611. The highest BCUT2D eigenvalue weighted by molar-refractivity contribution is 5.18. The van der Waals surface area contributed by atoms with E-state index in [0.29, 0.717) is 6.61 Å². The third-order valence-electron chi connectivity index (χ3n) is 4.33. The van der Waals surface area contributed by atoms with Gasteiger partial charge in [0.25, 0.3) is 0 Å². The van der Waals surface area contributed by atoms with Crippen LogP contribution in [0.25, 0.3) is 0 Å². The Hall–Kier alpha value is -1.55. The fourth-order valence-corrected chi connectivity index (χ4v) is 3.08. The van der Waals surface area contributed by atoms with Crippen molar-refractivity contribution < 1.29 is 4.74 Å². The Morgan fingerprint density at radius 1 is 1.39 bits per heavy atom. The SMILES string of the molecule is C/C=C\C=C(/C)COc1cc(CNC)nn1CC1CCCCC1. The Morgan fingerprint density at radius 3 is 2.87 bits per heavy atom. The van der Waals surface area contributed by atoms with Crippen molar-refractivity contribution in [3.8, 4) is 5.88 Å². The molecule has 1 saturated carbocycles. The van der Waals surface area contributed by atoms with Gasteiger partial charge in [0, 0.05) is 19.2 Å². The van der Waals surface area contributed by atoms with Crippen LogP contribution in [0.2, 0.25) is 0 Å². The molecule has 4 nitrogen and oxygen atoms in total. The Morgan fingerprint density at radius 2 is 2.17 bits per heavy atom. The van der Waals surface area contributed by atoms with Crippen molar-refractivity contribution in [3.63, 3.8) is 0 Å². The summed E-state index contributed by atoms with van der Waals surface area (Å²) in [4.78, 5) is 0. The molecule has 1 aromatic heterocycles. The number of hydrogen-bond donors (Lipinski definition) is 1. The van der Waals surface area contributed by atoms with Crippen LogP contribution in [-0.2, 0) is 13.1 Å². The molecular weight excluding hydrogens is 286 g/mol. The van der Waals surface area contributed by atoms with E-state index in [1.165, 1.54) is 37.7 Å². The van der Waals surface area contributed by atoms with Crippen LogP contribution >= 0.6 is 0 Å². The zero-order valence-electron chi connectivity index (χ0n) is 14.8. The molecule has 23 heavy (non-hydrogen) atoms. The Kier molecular flexibility index (Phi) is 7.40. The molecule has 0 saturated heterocycles. The first kappa shape index (κ1) is 17.8. The number of allylic oxidation sites excluding steroid dienone is 3. The minimum absolute atomic E-state index is 0.611. The fourth-order valence-electron chi connectivity index (χ4n) is 3.08. The molecule has 0 bridgehead atoms. The normalized spacial score (nSPS) is 17.1. The maximum atomic E-state index is 6.04. The average Bonchev–Trinajstić information content (AvgIpc) is 2.94. The smallest absolute Gasteiger partial charge is 0.212 e. The highest BCUT2D eigenvalue weighted by Crippen LogP contribution is 2.27. The Bertz CT molecular complexity index is 525. The van der Waals surface area contributed by atoms with Crippen molar-refractivity contribution in [2.75, 3.05) is 13.7 Å². The number of aromatic nitrogens is 2. The second-order valence-electron chi connectivity index (χ2n) is 6.52. The summed E-state index contributed by atoms with van der Waals surface area (Å²) in [5.74, 6) is 1.64. The molecule has 0 atom stereocenters. The summed E-state index contributed by atoms with van der Waals surface area (Å²) in [5, 5.41) is 7.90. The largest absolute Gasteiger partial charge is 0.473 e. The van der Waals surface area contributed by atoms with E-state index in [1.807, 2.05) is 26.1 Å². The second-order valence-corrected chi connectivity index (χ2v) is 6.52. The summed E-state index contributed by atoms with van der Waals surface area (Å²) >= 11 is 0. The van der Waals surface area contributed by atoms with Crippen LogP contribution < -0.4 is 10.1 Å². The molecule has 1 fully saturated rings. The van der Waals surface area contributed by atoms with Gasteiger partial charge in [-0.2, -0.15) is 5.10 Å². The van der Waals surface area contributed by atoms with Crippen molar-refractivity contribution in [1.82, 2.24) is 15.1 Å². The van der Waals surface area contributed by atoms with Crippen LogP contribution in [0.5, 0.6) is 5.88 Å². The second kappa shape index (κ2) is 9.56.